The predicted molar refractivity (Wildman–Crippen MR) is 86.5 cm³/mol. The summed E-state index contributed by atoms with van der Waals surface area (Å²) in [5, 5.41) is 4.00. The van der Waals surface area contributed by atoms with Crippen LogP contribution in [0, 0.1) is 0 Å². The number of nitrogens with one attached hydrogen (secondary N) is 1. The van der Waals surface area contributed by atoms with Crippen LogP contribution in [0.1, 0.15) is 6.42 Å². The highest BCUT2D eigenvalue weighted by Gasteiger charge is 2.24. The third-order valence-corrected chi connectivity index (χ3v) is 4.66. The van der Waals surface area contributed by atoms with Crippen LogP contribution >= 0.6 is 11.8 Å². The Morgan fingerprint density at radius 2 is 2.29 bits per heavy atom. The minimum Gasteiger partial charge on any atom is -0.355 e. The molecule has 1 N–H and O–H groups in total. The Bertz CT molecular complexity index is 443. The van der Waals surface area contributed by atoms with Crippen LogP contribution in [-0.2, 0) is 4.79 Å². The molecule has 0 aromatic carbocycles. The molecule has 1 amide bonds. The number of aromatic nitrogens is 1. The van der Waals surface area contributed by atoms with Gasteiger partial charge in [-0.1, -0.05) is 6.07 Å². The maximum absolute atomic E-state index is 12.0. The van der Waals surface area contributed by atoms with E-state index in [1.54, 1.807) is 18.0 Å². The molecule has 0 bridgehead atoms. The van der Waals surface area contributed by atoms with Crippen molar-refractivity contribution in [2.75, 3.05) is 46.0 Å². The number of pyridine rings is 1. The van der Waals surface area contributed by atoms with Gasteiger partial charge >= 0.3 is 0 Å². The molecule has 1 aromatic rings. The number of piperazine rings is 1. The summed E-state index contributed by atoms with van der Waals surface area (Å²) in [6.07, 6.45) is 2.37. The lowest BCUT2D eigenvalue weighted by Crippen LogP contribution is -2.51. The molecule has 0 radical (unpaired) electrons. The van der Waals surface area contributed by atoms with Crippen LogP contribution in [0.25, 0.3) is 0 Å². The van der Waals surface area contributed by atoms with Crippen LogP contribution in [0.15, 0.2) is 29.4 Å². The van der Waals surface area contributed by atoms with Gasteiger partial charge in [0.2, 0.25) is 5.91 Å². The van der Waals surface area contributed by atoms with E-state index in [0.717, 1.165) is 30.4 Å². The molecule has 1 aliphatic heterocycles. The average Bonchev–Trinajstić information content (AvgIpc) is 2.48. The second kappa shape index (κ2) is 8.36. The molecule has 1 fully saturated rings. The number of amides is 1. The van der Waals surface area contributed by atoms with Gasteiger partial charge < -0.3 is 15.1 Å². The Morgan fingerprint density at radius 3 is 3.05 bits per heavy atom. The van der Waals surface area contributed by atoms with E-state index in [2.05, 4.69) is 34.2 Å². The van der Waals surface area contributed by atoms with E-state index in [1.807, 2.05) is 18.2 Å². The van der Waals surface area contributed by atoms with Crippen molar-refractivity contribution in [3.8, 4) is 0 Å². The van der Waals surface area contributed by atoms with E-state index in [9.17, 15) is 4.79 Å². The first-order chi connectivity index (χ1) is 10.1. The molecule has 0 saturated carbocycles. The number of rotatable bonds is 6. The van der Waals surface area contributed by atoms with E-state index >= 15 is 0 Å². The topological polar surface area (TPSA) is 48.5 Å². The summed E-state index contributed by atoms with van der Waals surface area (Å²) in [6, 6.07) is 6.19. The van der Waals surface area contributed by atoms with Crippen LogP contribution in [-0.4, -0.2) is 72.8 Å². The molecule has 1 atom stereocenters. The maximum atomic E-state index is 12.0. The summed E-state index contributed by atoms with van der Waals surface area (Å²) in [5.74, 6) is 0.993. The first kappa shape index (κ1) is 16.3. The summed E-state index contributed by atoms with van der Waals surface area (Å²) >= 11 is 1.66. The Labute approximate surface area is 131 Å². The van der Waals surface area contributed by atoms with Crippen molar-refractivity contribution in [2.45, 2.75) is 17.5 Å². The summed E-state index contributed by atoms with van der Waals surface area (Å²) in [7, 11) is 4.21. The average molecular weight is 308 g/mol. The van der Waals surface area contributed by atoms with Gasteiger partial charge in [-0.3, -0.25) is 4.79 Å². The van der Waals surface area contributed by atoms with Crippen molar-refractivity contribution in [2.24, 2.45) is 0 Å². The highest BCUT2D eigenvalue weighted by Crippen LogP contribution is 2.13. The lowest BCUT2D eigenvalue weighted by atomic mass is 10.1. The molecule has 0 spiro atoms. The van der Waals surface area contributed by atoms with Crippen LogP contribution in [0.2, 0.25) is 0 Å². The van der Waals surface area contributed by atoms with Gasteiger partial charge in [0, 0.05) is 50.6 Å². The maximum Gasteiger partial charge on any atom is 0.221 e. The van der Waals surface area contributed by atoms with Crippen molar-refractivity contribution in [1.29, 1.82) is 0 Å². The van der Waals surface area contributed by atoms with Crippen LogP contribution in [0.4, 0.5) is 0 Å². The van der Waals surface area contributed by atoms with Gasteiger partial charge in [0.1, 0.15) is 0 Å². The Morgan fingerprint density at radius 1 is 1.43 bits per heavy atom. The van der Waals surface area contributed by atoms with Gasteiger partial charge in [0.05, 0.1) is 5.03 Å². The summed E-state index contributed by atoms with van der Waals surface area (Å²) in [6.45, 7) is 3.76. The monoisotopic (exact) mass is 308 g/mol. The predicted octanol–water partition coefficient (Wildman–Crippen LogP) is 0.926. The molecule has 2 rings (SSSR count). The van der Waals surface area contributed by atoms with Crippen molar-refractivity contribution in [3.63, 3.8) is 0 Å². The molecule has 21 heavy (non-hydrogen) atoms. The molecule has 1 aliphatic rings. The van der Waals surface area contributed by atoms with Gasteiger partial charge in [-0.05, 0) is 26.2 Å². The Balaban J connectivity index is 1.63. The standard InChI is InChI=1S/C15H24N4OS/c1-18-8-9-19(2)13(12-18)11-14(20)16-7-10-21-15-5-3-4-6-17-15/h3-6,13H,7-12H2,1-2H3,(H,16,20). The minimum absolute atomic E-state index is 0.142. The fourth-order valence-electron chi connectivity index (χ4n) is 2.39. The van der Waals surface area contributed by atoms with Gasteiger partial charge in [0.25, 0.3) is 0 Å². The molecule has 5 nitrogen and oxygen atoms in total. The largest absolute Gasteiger partial charge is 0.355 e. The smallest absolute Gasteiger partial charge is 0.221 e. The number of thioether (sulfide) groups is 1. The van der Waals surface area contributed by atoms with Crippen molar-refractivity contribution in [1.82, 2.24) is 20.1 Å². The SMILES string of the molecule is CN1CCN(C)C(CC(=O)NCCSc2ccccn2)C1. The lowest BCUT2D eigenvalue weighted by molar-refractivity contribution is -0.122. The number of likely N-dealkylation sites (N-methyl/N-ethyl adjacent to an activating group) is 2. The van der Waals surface area contributed by atoms with E-state index in [-0.39, 0.29) is 5.91 Å². The minimum atomic E-state index is 0.142. The highest BCUT2D eigenvalue weighted by molar-refractivity contribution is 7.99. The normalized spacial score (nSPS) is 20.4. The third kappa shape index (κ3) is 5.65. The van der Waals surface area contributed by atoms with E-state index < -0.39 is 0 Å². The Hall–Kier alpha value is -1.11. The zero-order chi connectivity index (χ0) is 15.1. The second-order valence-corrected chi connectivity index (χ2v) is 6.58. The van der Waals surface area contributed by atoms with Crippen molar-refractivity contribution in [3.05, 3.63) is 24.4 Å². The fraction of sp³-hybridized carbons (Fsp3) is 0.600. The molecular weight excluding hydrogens is 284 g/mol. The molecule has 1 unspecified atom stereocenters. The van der Waals surface area contributed by atoms with E-state index in [4.69, 9.17) is 0 Å². The fourth-order valence-corrected chi connectivity index (χ4v) is 3.11. The highest BCUT2D eigenvalue weighted by atomic mass is 32.2. The van der Waals surface area contributed by atoms with Crippen LogP contribution in [0.5, 0.6) is 0 Å². The van der Waals surface area contributed by atoms with E-state index in [0.29, 0.717) is 19.0 Å². The number of carbonyl (C=O) groups is 1. The van der Waals surface area contributed by atoms with Crippen molar-refractivity contribution >= 4 is 17.7 Å². The first-order valence-corrected chi connectivity index (χ1v) is 8.33. The number of hydrogen-bond acceptors (Lipinski definition) is 5. The molecule has 1 aromatic heterocycles. The van der Waals surface area contributed by atoms with Gasteiger partial charge in [-0.15, -0.1) is 11.8 Å². The molecular formula is C15H24N4OS. The summed E-state index contributed by atoms with van der Waals surface area (Å²) in [5.41, 5.74) is 0. The van der Waals surface area contributed by atoms with Gasteiger partial charge in [-0.25, -0.2) is 4.98 Å². The van der Waals surface area contributed by atoms with Crippen LogP contribution in [0.3, 0.4) is 0 Å². The quantitative estimate of drug-likeness (QED) is 0.626. The summed E-state index contributed by atoms with van der Waals surface area (Å²) < 4.78 is 0. The molecule has 6 heteroatoms. The number of hydrogen-bond donors (Lipinski definition) is 1. The van der Waals surface area contributed by atoms with Gasteiger partial charge in [-0.2, -0.15) is 0 Å². The first-order valence-electron chi connectivity index (χ1n) is 7.34. The summed E-state index contributed by atoms with van der Waals surface area (Å²) in [4.78, 5) is 20.8. The zero-order valence-electron chi connectivity index (χ0n) is 12.8. The molecule has 0 aliphatic carbocycles. The number of nitrogens with zero attached hydrogens (tertiary/aromatic N) is 3. The van der Waals surface area contributed by atoms with E-state index in [1.165, 1.54) is 0 Å². The Kier molecular flexibility index (Phi) is 6.48. The molecule has 1 saturated heterocycles. The lowest BCUT2D eigenvalue weighted by Gasteiger charge is -2.37. The molecule has 2 heterocycles. The second-order valence-electron chi connectivity index (χ2n) is 5.47. The third-order valence-electron chi connectivity index (χ3n) is 3.71. The van der Waals surface area contributed by atoms with Crippen molar-refractivity contribution < 1.29 is 4.79 Å². The zero-order valence-corrected chi connectivity index (χ0v) is 13.6. The molecule has 116 valence electrons. The van der Waals surface area contributed by atoms with Crippen LogP contribution < -0.4 is 5.32 Å². The van der Waals surface area contributed by atoms with Gasteiger partial charge in [0.15, 0.2) is 0 Å². The number of carbonyl (C=O) groups excluding carboxylic acids is 1.